The lowest BCUT2D eigenvalue weighted by molar-refractivity contribution is 0.0177. The number of aliphatic imine (C=N–C) groups is 1. The Kier molecular flexibility index (Phi) is 10.8. The van der Waals surface area contributed by atoms with E-state index in [0.717, 1.165) is 50.3 Å². The van der Waals surface area contributed by atoms with Crippen molar-refractivity contribution in [2.24, 2.45) is 10.9 Å². The largest absolute Gasteiger partial charge is 0.378 e. The van der Waals surface area contributed by atoms with E-state index in [-0.39, 0.29) is 0 Å². The Labute approximate surface area is 134 Å². The number of ether oxygens (including phenoxy) is 1. The van der Waals surface area contributed by atoms with E-state index in [2.05, 4.69) is 35.7 Å². The highest BCUT2D eigenvalue weighted by atomic mass is 32.2. The smallest absolute Gasteiger partial charge is 0.191 e. The highest BCUT2D eigenvalue weighted by molar-refractivity contribution is 7.98. The van der Waals surface area contributed by atoms with Gasteiger partial charge in [-0.2, -0.15) is 11.8 Å². The van der Waals surface area contributed by atoms with Crippen LogP contribution in [0.1, 0.15) is 46.0 Å². The van der Waals surface area contributed by atoms with E-state index in [9.17, 15) is 0 Å². The fourth-order valence-corrected chi connectivity index (χ4v) is 3.22. The summed E-state index contributed by atoms with van der Waals surface area (Å²) in [6, 6.07) is 0. The summed E-state index contributed by atoms with van der Waals surface area (Å²) in [5.74, 6) is 2.80. The molecule has 0 aromatic carbocycles. The number of thioether (sulfide) groups is 1. The van der Waals surface area contributed by atoms with Crippen molar-refractivity contribution in [3.63, 3.8) is 0 Å². The predicted molar refractivity (Wildman–Crippen MR) is 94.4 cm³/mol. The molecule has 1 aliphatic rings. The van der Waals surface area contributed by atoms with Gasteiger partial charge in [-0.3, -0.25) is 4.99 Å². The Balaban J connectivity index is 2.37. The van der Waals surface area contributed by atoms with Crippen LogP contribution in [0.4, 0.5) is 0 Å². The highest BCUT2D eigenvalue weighted by Crippen LogP contribution is 2.30. The molecule has 1 unspecified atom stereocenters. The first-order valence-corrected chi connectivity index (χ1v) is 9.83. The van der Waals surface area contributed by atoms with Crippen LogP contribution in [0.15, 0.2) is 4.99 Å². The van der Waals surface area contributed by atoms with Gasteiger partial charge in [-0.05, 0) is 45.3 Å². The molecule has 0 spiro atoms. The summed E-state index contributed by atoms with van der Waals surface area (Å²) in [6.45, 7) is 7.73. The van der Waals surface area contributed by atoms with Crippen LogP contribution in [-0.2, 0) is 4.74 Å². The molecule has 0 amide bonds. The topological polar surface area (TPSA) is 45.7 Å². The van der Waals surface area contributed by atoms with Gasteiger partial charge in [0.2, 0.25) is 0 Å². The van der Waals surface area contributed by atoms with E-state index in [1.807, 2.05) is 11.8 Å². The van der Waals surface area contributed by atoms with Crippen LogP contribution in [0.5, 0.6) is 0 Å². The first-order chi connectivity index (χ1) is 10.3. The van der Waals surface area contributed by atoms with Crippen LogP contribution in [0, 0.1) is 5.92 Å². The van der Waals surface area contributed by atoms with Gasteiger partial charge in [0, 0.05) is 32.0 Å². The lowest BCUT2D eigenvalue weighted by atomic mass is 9.98. The van der Waals surface area contributed by atoms with Crippen LogP contribution in [0.25, 0.3) is 0 Å². The third-order valence-corrected chi connectivity index (χ3v) is 4.55. The number of guanidine groups is 1. The standard InChI is InChI=1S/C16H33N3OS/c1-4-17-16(19-12-13-21-3)18-11-10-15(20-5-2)14-8-6-7-9-14/h14-15H,4-13H2,1-3H3,(H2,17,18,19). The Morgan fingerprint density at radius 1 is 1.29 bits per heavy atom. The highest BCUT2D eigenvalue weighted by Gasteiger charge is 2.24. The number of nitrogens with zero attached hydrogens (tertiary/aromatic N) is 1. The van der Waals surface area contributed by atoms with Gasteiger partial charge in [-0.15, -0.1) is 0 Å². The molecular formula is C16H33N3OS. The van der Waals surface area contributed by atoms with Crippen LogP contribution >= 0.6 is 11.8 Å². The summed E-state index contributed by atoms with van der Waals surface area (Å²) in [4.78, 5) is 4.68. The second kappa shape index (κ2) is 12.2. The molecule has 1 saturated carbocycles. The van der Waals surface area contributed by atoms with E-state index in [4.69, 9.17) is 4.74 Å². The maximum absolute atomic E-state index is 5.95. The molecule has 0 saturated heterocycles. The molecule has 1 rings (SSSR count). The first-order valence-electron chi connectivity index (χ1n) is 8.44. The Bertz CT molecular complexity index is 281. The van der Waals surface area contributed by atoms with Gasteiger partial charge >= 0.3 is 0 Å². The number of rotatable bonds is 10. The third-order valence-electron chi connectivity index (χ3n) is 3.93. The fraction of sp³-hybridized carbons (Fsp3) is 0.938. The normalized spacial score (nSPS) is 18.0. The molecule has 1 fully saturated rings. The van der Waals surface area contributed by atoms with Gasteiger partial charge < -0.3 is 15.4 Å². The molecular weight excluding hydrogens is 282 g/mol. The summed E-state index contributed by atoms with van der Waals surface area (Å²) < 4.78 is 5.95. The SMILES string of the molecule is CCNC(=NCCC(OCC)C1CCCC1)NCCSC. The van der Waals surface area contributed by atoms with Crippen molar-refractivity contribution in [1.29, 1.82) is 0 Å². The van der Waals surface area contributed by atoms with E-state index in [1.54, 1.807) is 0 Å². The van der Waals surface area contributed by atoms with Crippen LogP contribution in [-0.4, -0.2) is 50.3 Å². The minimum absolute atomic E-state index is 0.398. The van der Waals surface area contributed by atoms with E-state index < -0.39 is 0 Å². The van der Waals surface area contributed by atoms with Crippen LogP contribution < -0.4 is 10.6 Å². The van der Waals surface area contributed by atoms with Crippen LogP contribution in [0.3, 0.4) is 0 Å². The molecule has 1 atom stereocenters. The third kappa shape index (κ3) is 7.96. The predicted octanol–water partition coefficient (Wildman–Crippen LogP) is 2.89. The van der Waals surface area contributed by atoms with Gasteiger partial charge in [-0.1, -0.05) is 12.8 Å². The number of hydrogen-bond donors (Lipinski definition) is 2. The van der Waals surface area contributed by atoms with Crippen molar-refractivity contribution in [2.45, 2.75) is 52.1 Å². The summed E-state index contributed by atoms with van der Waals surface area (Å²) in [5.41, 5.74) is 0. The maximum atomic E-state index is 5.95. The average molecular weight is 316 g/mol. The van der Waals surface area contributed by atoms with E-state index >= 15 is 0 Å². The zero-order valence-electron chi connectivity index (χ0n) is 14.0. The second-order valence-corrected chi connectivity index (χ2v) is 6.49. The summed E-state index contributed by atoms with van der Waals surface area (Å²) in [6.07, 6.45) is 8.97. The molecule has 21 heavy (non-hydrogen) atoms. The van der Waals surface area contributed by atoms with E-state index in [0.29, 0.717) is 6.10 Å². The molecule has 4 nitrogen and oxygen atoms in total. The summed E-state index contributed by atoms with van der Waals surface area (Å²) in [7, 11) is 0. The molecule has 0 heterocycles. The molecule has 2 N–H and O–H groups in total. The van der Waals surface area contributed by atoms with Crippen molar-refractivity contribution < 1.29 is 4.74 Å². The summed E-state index contributed by atoms with van der Waals surface area (Å²) in [5, 5.41) is 6.68. The van der Waals surface area contributed by atoms with Crippen molar-refractivity contribution in [2.75, 3.05) is 38.2 Å². The maximum Gasteiger partial charge on any atom is 0.191 e. The zero-order valence-corrected chi connectivity index (χ0v) is 14.8. The first kappa shape index (κ1) is 18.6. The van der Waals surface area contributed by atoms with Gasteiger partial charge in [0.25, 0.3) is 0 Å². The molecule has 0 aromatic rings. The number of nitrogens with one attached hydrogen (secondary N) is 2. The lowest BCUT2D eigenvalue weighted by Gasteiger charge is -2.22. The Morgan fingerprint density at radius 2 is 2.05 bits per heavy atom. The van der Waals surface area contributed by atoms with Crippen molar-refractivity contribution in [3.05, 3.63) is 0 Å². The molecule has 0 radical (unpaired) electrons. The Hall–Kier alpha value is -0.420. The number of hydrogen-bond acceptors (Lipinski definition) is 3. The van der Waals surface area contributed by atoms with Gasteiger partial charge in [0.05, 0.1) is 6.10 Å². The van der Waals surface area contributed by atoms with Crippen molar-refractivity contribution in [3.8, 4) is 0 Å². The van der Waals surface area contributed by atoms with Crippen molar-refractivity contribution >= 4 is 17.7 Å². The summed E-state index contributed by atoms with van der Waals surface area (Å²) >= 11 is 1.85. The monoisotopic (exact) mass is 315 g/mol. The minimum Gasteiger partial charge on any atom is -0.378 e. The van der Waals surface area contributed by atoms with Gasteiger partial charge in [0.1, 0.15) is 0 Å². The molecule has 124 valence electrons. The molecule has 5 heteroatoms. The molecule has 0 bridgehead atoms. The van der Waals surface area contributed by atoms with Gasteiger partial charge in [-0.25, -0.2) is 0 Å². The molecule has 1 aliphatic carbocycles. The fourth-order valence-electron chi connectivity index (χ4n) is 2.92. The quantitative estimate of drug-likeness (QED) is 0.370. The Morgan fingerprint density at radius 3 is 2.67 bits per heavy atom. The minimum atomic E-state index is 0.398. The second-order valence-electron chi connectivity index (χ2n) is 5.51. The lowest BCUT2D eigenvalue weighted by Crippen LogP contribution is -2.38. The zero-order chi connectivity index (χ0) is 15.3. The van der Waals surface area contributed by atoms with Crippen molar-refractivity contribution in [1.82, 2.24) is 10.6 Å². The van der Waals surface area contributed by atoms with Crippen LogP contribution in [0.2, 0.25) is 0 Å². The van der Waals surface area contributed by atoms with E-state index in [1.165, 1.54) is 25.7 Å². The van der Waals surface area contributed by atoms with Gasteiger partial charge in [0.15, 0.2) is 5.96 Å². The molecule has 0 aliphatic heterocycles. The average Bonchev–Trinajstić information content (AvgIpc) is 3.00. The molecule has 0 aromatic heterocycles.